The van der Waals surface area contributed by atoms with Crippen molar-refractivity contribution < 1.29 is 9.53 Å². The summed E-state index contributed by atoms with van der Waals surface area (Å²) in [6, 6.07) is 10.8. The Morgan fingerprint density at radius 1 is 1.19 bits per heavy atom. The van der Waals surface area contributed by atoms with Crippen molar-refractivity contribution in [2.45, 2.75) is 20.4 Å². The molecule has 2 aromatic heterocycles. The van der Waals surface area contributed by atoms with Gasteiger partial charge in [-0.2, -0.15) is 0 Å². The molecule has 6 heteroatoms. The first-order valence-electron chi connectivity index (χ1n) is 8.43. The van der Waals surface area contributed by atoms with Crippen molar-refractivity contribution >= 4 is 22.5 Å². The van der Waals surface area contributed by atoms with E-state index in [0.29, 0.717) is 12.2 Å². The van der Waals surface area contributed by atoms with Crippen LogP contribution >= 0.6 is 0 Å². The van der Waals surface area contributed by atoms with Crippen molar-refractivity contribution in [2.24, 2.45) is 5.92 Å². The van der Waals surface area contributed by atoms with Crippen LogP contribution in [0.3, 0.4) is 0 Å². The van der Waals surface area contributed by atoms with Crippen LogP contribution in [0.4, 0.5) is 5.69 Å². The monoisotopic (exact) mass is 351 g/mol. The third kappa shape index (κ3) is 3.31. The zero-order valence-electron chi connectivity index (χ0n) is 15.0. The van der Waals surface area contributed by atoms with E-state index >= 15 is 0 Å². The molecule has 0 unspecified atom stereocenters. The van der Waals surface area contributed by atoms with Gasteiger partial charge in [0.25, 0.3) is 11.5 Å². The van der Waals surface area contributed by atoms with Crippen LogP contribution in [0.15, 0.2) is 53.6 Å². The van der Waals surface area contributed by atoms with Crippen molar-refractivity contribution in [3.63, 3.8) is 0 Å². The van der Waals surface area contributed by atoms with Crippen molar-refractivity contribution in [2.75, 3.05) is 12.4 Å². The van der Waals surface area contributed by atoms with Gasteiger partial charge < -0.3 is 14.6 Å². The first kappa shape index (κ1) is 17.7. The largest absolute Gasteiger partial charge is 0.495 e. The number of rotatable bonds is 5. The number of para-hydroxylation sites is 1. The molecule has 1 amide bonds. The Bertz CT molecular complexity index is 994. The average Bonchev–Trinajstić information content (AvgIpc) is 2.64. The van der Waals surface area contributed by atoms with Crippen LogP contribution in [0, 0.1) is 5.92 Å². The van der Waals surface area contributed by atoms with Gasteiger partial charge in [0.15, 0.2) is 0 Å². The van der Waals surface area contributed by atoms with Gasteiger partial charge in [-0.05, 0) is 30.2 Å². The minimum atomic E-state index is -0.499. The molecule has 0 radical (unpaired) electrons. The molecule has 0 spiro atoms. The fourth-order valence-corrected chi connectivity index (χ4v) is 2.96. The molecule has 26 heavy (non-hydrogen) atoms. The highest BCUT2D eigenvalue weighted by atomic mass is 16.5. The molecule has 0 saturated heterocycles. The molecule has 0 aliphatic heterocycles. The zero-order chi connectivity index (χ0) is 18.7. The average molecular weight is 351 g/mol. The maximum atomic E-state index is 13.1. The maximum absolute atomic E-state index is 13.1. The van der Waals surface area contributed by atoms with Gasteiger partial charge in [0, 0.05) is 30.0 Å². The van der Waals surface area contributed by atoms with Crippen LogP contribution in [0.1, 0.15) is 24.2 Å². The van der Waals surface area contributed by atoms with E-state index in [1.54, 1.807) is 29.1 Å². The second kappa shape index (κ2) is 7.39. The van der Waals surface area contributed by atoms with Crippen LogP contribution in [0.5, 0.6) is 5.75 Å². The number of carbonyl (C=O) groups is 1. The number of hydrogen-bond donors (Lipinski definition) is 1. The topological polar surface area (TPSA) is 73.2 Å². The Morgan fingerprint density at radius 3 is 2.54 bits per heavy atom. The number of fused-ring (bicyclic) bond motifs is 1. The third-order valence-electron chi connectivity index (χ3n) is 4.04. The quantitative estimate of drug-likeness (QED) is 0.765. The van der Waals surface area contributed by atoms with Crippen LogP contribution in [-0.4, -0.2) is 22.6 Å². The number of pyridine rings is 2. The highest BCUT2D eigenvalue weighted by Gasteiger charge is 2.23. The predicted octanol–water partition coefficient (Wildman–Crippen LogP) is 3.31. The Hall–Kier alpha value is -3.15. The second-order valence-corrected chi connectivity index (χ2v) is 6.43. The number of nitrogens with zero attached hydrogens (tertiary/aromatic N) is 2. The first-order chi connectivity index (χ1) is 12.5. The van der Waals surface area contributed by atoms with Gasteiger partial charge in [-0.25, -0.2) is 0 Å². The van der Waals surface area contributed by atoms with Gasteiger partial charge in [-0.3, -0.25) is 14.6 Å². The standard InChI is InChI=1S/C20H21N3O3/c1-13(2)12-23-16-7-5-4-6-15(16)18(26-3)17(20(23)25)19(24)22-14-8-10-21-11-9-14/h4-11,13H,12H2,1-3H3,(H,21,22,24). The Kier molecular flexibility index (Phi) is 5.02. The van der Waals surface area contributed by atoms with Crippen molar-refractivity contribution in [1.82, 2.24) is 9.55 Å². The van der Waals surface area contributed by atoms with Crippen LogP contribution in [-0.2, 0) is 6.54 Å². The molecule has 0 fully saturated rings. The molecule has 134 valence electrons. The normalized spacial score (nSPS) is 10.9. The van der Waals surface area contributed by atoms with E-state index in [-0.39, 0.29) is 22.8 Å². The summed E-state index contributed by atoms with van der Waals surface area (Å²) in [5, 5.41) is 3.48. The molecular formula is C20H21N3O3. The number of amides is 1. The lowest BCUT2D eigenvalue weighted by Gasteiger charge is -2.18. The summed E-state index contributed by atoms with van der Waals surface area (Å²) < 4.78 is 7.11. The fourth-order valence-electron chi connectivity index (χ4n) is 2.96. The van der Waals surface area contributed by atoms with Gasteiger partial charge in [0.1, 0.15) is 11.3 Å². The summed E-state index contributed by atoms with van der Waals surface area (Å²) in [4.78, 5) is 29.9. The summed E-state index contributed by atoms with van der Waals surface area (Å²) in [5.74, 6) is 0.0408. The zero-order valence-corrected chi connectivity index (χ0v) is 15.0. The third-order valence-corrected chi connectivity index (χ3v) is 4.04. The number of anilines is 1. The van der Waals surface area contributed by atoms with Crippen molar-refractivity contribution in [1.29, 1.82) is 0 Å². The Morgan fingerprint density at radius 2 is 1.88 bits per heavy atom. The number of hydrogen-bond acceptors (Lipinski definition) is 4. The lowest BCUT2D eigenvalue weighted by molar-refractivity contribution is 0.102. The fraction of sp³-hybridized carbons (Fsp3) is 0.250. The lowest BCUT2D eigenvalue weighted by Crippen LogP contribution is -2.31. The Balaban J connectivity index is 2.22. The smallest absolute Gasteiger partial charge is 0.267 e. The summed E-state index contributed by atoms with van der Waals surface area (Å²) >= 11 is 0. The second-order valence-electron chi connectivity index (χ2n) is 6.43. The Labute approximate surface area is 151 Å². The van der Waals surface area contributed by atoms with E-state index in [1.807, 2.05) is 38.1 Å². The number of nitrogens with one attached hydrogen (secondary N) is 1. The predicted molar refractivity (Wildman–Crippen MR) is 102 cm³/mol. The molecule has 0 aliphatic carbocycles. The van der Waals surface area contributed by atoms with Crippen LogP contribution in [0.25, 0.3) is 10.9 Å². The summed E-state index contributed by atoms with van der Waals surface area (Å²) in [6.45, 7) is 4.57. The van der Waals surface area contributed by atoms with Gasteiger partial charge in [0.05, 0.1) is 12.6 Å². The number of aromatic nitrogens is 2. The minimum absolute atomic E-state index is 0.00339. The van der Waals surface area contributed by atoms with E-state index < -0.39 is 5.91 Å². The molecule has 2 heterocycles. The number of carbonyl (C=O) groups excluding carboxylic acids is 1. The summed E-state index contributed by atoms with van der Waals surface area (Å²) in [6.07, 6.45) is 3.15. The molecule has 6 nitrogen and oxygen atoms in total. The van der Waals surface area contributed by atoms with E-state index in [0.717, 1.165) is 10.9 Å². The summed E-state index contributed by atoms with van der Waals surface area (Å²) in [7, 11) is 1.47. The van der Waals surface area contributed by atoms with Gasteiger partial charge in [-0.1, -0.05) is 26.0 Å². The van der Waals surface area contributed by atoms with Gasteiger partial charge in [0.2, 0.25) is 0 Å². The summed E-state index contributed by atoms with van der Waals surface area (Å²) in [5.41, 5.74) is 0.961. The molecular weight excluding hydrogens is 330 g/mol. The number of methoxy groups -OCH3 is 1. The molecule has 1 N–H and O–H groups in total. The molecule has 0 saturated carbocycles. The van der Waals surface area contributed by atoms with E-state index in [1.165, 1.54) is 7.11 Å². The molecule has 1 aromatic carbocycles. The van der Waals surface area contributed by atoms with E-state index in [9.17, 15) is 9.59 Å². The van der Waals surface area contributed by atoms with E-state index in [2.05, 4.69) is 10.3 Å². The molecule has 0 aliphatic rings. The first-order valence-corrected chi connectivity index (χ1v) is 8.43. The lowest BCUT2D eigenvalue weighted by atomic mass is 10.1. The van der Waals surface area contributed by atoms with Crippen molar-refractivity contribution in [3.8, 4) is 5.75 Å². The van der Waals surface area contributed by atoms with Crippen molar-refractivity contribution in [3.05, 3.63) is 64.7 Å². The maximum Gasteiger partial charge on any atom is 0.267 e. The molecule has 3 rings (SSSR count). The number of ether oxygens (including phenoxy) is 1. The minimum Gasteiger partial charge on any atom is -0.495 e. The highest BCUT2D eigenvalue weighted by molar-refractivity contribution is 6.09. The number of benzene rings is 1. The van der Waals surface area contributed by atoms with Gasteiger partial charge in [-0.15, -0.1) is 0 Å². The van der Waals surface area contributed by atoms with Crippen LogP contribution in [0.2, 0.25) is 0 Å². The molecule has 0 bridgehead atoms. The highest BCUT2D eigenvalue weighted by Crippen LogP contribution is 2.28. The van der Waals surface area contributed by atoms with Crippen LogP contribution < -0.4 is 15.6 Å². The molecule has 0 atom stereocenters. The van der Waals surface area contributed by atoms with E-state index in [4.69, 9.17) is 4.74 Å². The SMILES string of the molecule is COc1c(C(=O)Nc2ccncc2)c(=O)n(CC(C)C)c2ccccc12. The molecule has 3 aromatic rings. The van der Waals surface area contributed by atoms with Gasteiger partial charge >= 0.3 is 0 Å².